The fraction of sp³-hybridized carbons (Fsp3) is 0.526. The third-order valence-electron chi connectivity index (χ3n) is 6.31. The highest BCUT2D eigenvalue weighted by molar-refractivity contribution is 7.54. The van der Waals surface area contributed by atoms with Gasteiger partial charge in [0.15, 0.2) is 17.7 Å². The molecule has 0 unspecified atom stereocenters. The van der Waals surface area contributed by atoms with E-state index in [1.54, 1.807) is 0 Å². The zero-order valence-corrected chi connectivity index (χ0v) is 22.1. The van der Waals surface area contributed by atoms with Gasteiger partial charge >= 0.3 is 22.5 Å². The fourth-order valence-electron chi connectivity index (χ4n) is 4.41. The van der Waals surface area contributed by atoms with Crippen molar-refractivity contribution in [2.24, 2.45) is 0 Å². The molecule has 8 N–H and O–H groups in total. The van der Waals surface area contributed by atoms with Crippen molar-refractivity contribution in [3.8, 4) is 0 Å². The van der Waals surface area contributed by atoms with E-state index in [0.29, 0.717) is 0 Å². The lowest BCUT2D eigenvalue weighted by Crippen LogP contribution is -2.34. The molecule has 7 atom stereocenters. The quantitative estimate of drug-likeness (QED) is 0.143. The number of nitrogen functional groups attached to an aromatic ring is 2. The van der Waals surface area contributed by atoms with Crippen LogP contribution in [0.15, 0.2) is 29.7 Å². The first-order valence-electron chi connectivity index (χ1n) is 11.6. The van der Waals surface area contributed by atoms with Gasteiger partial charge in [-0.05, 0) is 6.07 Å². The number of nitrogens with zero attached hydrogens (tertiary/aromatic N) is 6. The van der Waals surface area contributed by atoms with E-state index in [0.717, 1.165) is 4.57 Å². The van der Waals surface area contributed by atoms with E-state index in [4.69, 9.17) is 34.5 Å². The average molecular weight is 603 g/mol. The minimum atomic E-state index is -4.59. The van der Waals surface area contributed by atoms with Crippen LogP contribution in [-0.2, 0) is 27.6 Å². The second-order valence-electron chi connectivity index (χ2n) is 8.84. The van der Waals surface area contributed by atoms with Crippen molar-refractivity contribution in [2.75, 3.05) is 24.7 Å². The first-order chi connectivity index (χ1) is 19.1. The topological polar surface area (TPSA) is 275 Å². The standard InChI is InChI=1S/C19H24N8O11P2/c20-11-1-2-26(19(30)25-11)12-3-8(9(36-12)4-34-39-31)38-40(32,33)35-5-10-14(28)15(29)18(37-10)27-7-24-13-16(21)22-6-23-17(13)27/h1-2,6-10,12,14-15,18,28-29,32-33H,3-5H2,(H3-,20,21,22,23,25,30)/p+1/t8-,9+,10+,12+,14+,15+,18+/m0/s1. The number of aromatic nitrogens is 6. The second-order valence-corrected chi connectivity index (χ2v) is 10.7. The van der Waals surface area contributed by atoms with E-state index in [1.807, 2.05) is 0 Å². The smallest absolute Gasteiger partial charge is 0.387 e. The Morgan fingerprint density at radius 1 is 1.10 bits per heavy atom. The zero-order chi connectivity index (χ0) is 28.6. The number of ether oxygens (including phenoxy) is 2. The van der Waals surface area contributed by atoms with Crippen molar-refractivity contribution in [2.45, 2.75) is 49.4 Å². The summed E-state index contributed by atoms with van der Waals surface area (Å²) in [5.74, 6) is 0.113. The minimum Gasteiger partial charge on any atom is -0.387 e. The van der Waals surface area contributed by atoms with Crippen LogP contribution in [0.4, 0.5) is 11.6 Å². The Balaban J connectivity index is 1.24. The van der Waals surface area contributed by atoms with Gasteiger partial charge in [-0.3, -0.25) is 13.7 Å². The van der Waals surface area contributed by atoms with Gasteiger partial charge in [0.25, 0.3) is 0 Å². The van der Waals surface area contributed by atoms with Gasteiger partial charge in [0.1, 0.15) is 61.0 Å². The summed E-state index contributed by atoms with van der Waals surface area (Å²) in [5.41, 5.74) is 11.1. The number of anilines is 2. The van der Waals surface area contributed by atoms with Crippen LogP contribution >= 0.6 is 16.9 Å². The molecule has 0 spiro atoms. The summed E-state index contributed by atoms with van der Waals surface area (Å²) in [4.78, 5) is 48.9. The molecule has 0 saturated carbocycles. The Hall–Kier alpha value is -2.80. The number of fused-ring (bicyclic) bond motifs is 1. The minimum absolute atomic E-state index is 0.00319. The number of hydrogen-bond acceptors (Lipinski definition) is 17. The molecule has 0 radical (unpaired) electrons. The number of hydrogen-bond donors (Lipinski definition) is 6. The summed E-state index contributed by atoms with van der Waals surface area (Å²) in [5, 5.41) is 21.1. The predicted molar refractivity (Wildman–Crippen MR) is 133 cm³/mol. The molecule has 2 saturated heterocycles. The molecule has 40 heavy (non-hydrogen) atoms. The van der Waals surface area contributed by atoms with Crippen molar-refractivity contribution in [3.05, 3.63) is 35.4 Å². The van der Waals surface area contributed by atoms with E-state index < -0.39 is 72.1 Å². The highest BCUT2D eigenvalue weighted by atomic mass is 31.2. The van der Waals surface area contributed by atoms with Gasteiger partial charge in [0, 0.05) is 12.6 Å². The normalized spacial score (nSPS) is 29.1. The highest BCUT2D eigenvalue weighted by Gasteiger charge is 2.52. The SMILES string of the molecule is Nc1ccn([C@H]2C[C@H](O[P+](O)(O)OC[C@H]3O[C@@H](n4cnc5c(N)ncnc54)[C@H](O)[C@@H]3O)[C@@H](COP=O)O2)c(=O)n1. The van der Waals surface area contributed by atoms with Gasteiger partial charge in [0.2, 0.25) is 0 Å². The Kier molecular flexibility index (Phi) is 8.32. The molecule has 2 aliphatic rings. The Morgan fingerprint density at radius 3 is 2.65 bits per heavy atom. The largest absolute Gasteiger partial charge is 0.570 e. The van der Waals surface area contributed by atoms with E-state index >= 15 is 0 Å². The van der Waals surface area contributed by atoms with Crippen LogP contribution in [0.1, 0.15) is 18.9 Å². The number of aliphatic hydroxyl groups excluding tert-OH is 2. The molecule has 2 aliphatic heterocycles. The summed E-state index contributed by atoms with van der Waals surface area (Å²) in [7, 11) is -5.24. The second kappa shape index (κ2) is 11.6. The summed E-state index contributed by atoms with van der Waals surface area (Å²) < 4.78 is 40.2. The van der Waals surface area contributed by atoms with Crippen molar-refractivity contribution < 1.29 is 47.6 Å². The van der Waals surface area contributed by atoms with Crippen LogP contribution in [0.2, 0.25) is 0 Å². The molecular weight excluding hydrogens is 578 g/mol. The summed E-state index contributed by atoms with van der Waals surface area (Å²) >= 11 is 0. The number of imidazole rings is 1. The number of nitrogens with two attached hydrogens (primary N) is 2. The van der Waals surface area contributed by atoms with Crippen molar-refractivity contribution in [3.63, 3.8) is 0 Å². The molecule has 0 amide bonds. The maximum atomic E-state index is 12.2. The molecule has 0 aromatic carbocycles. The lowest BCUT2D eigenvalue weighted by atomic mass is 10.1. The van der Waals surface area contributed by atoms with Crippen LogP contribution in [0.3, 0.4) is 0 Å². The van der Waals surface area contributed by atoms with E-state index in [-0.39, 0.29) is 35.8 Å². The van der Waals surface area contributed by atoms with E-state index in [2.05, 4.69) is 19.9 Å². The number of rotatable bonds is 10. The molecule has 5 rings (SSSR count). The van der Waals surface area contributed by atoms with Gasteiger partial charge in [0.05, 0.1) is 12.9 Å². The van der Waals surface area contributed by atoms with Gasteiger partial charge < -0.3 is 31.2 Å². The van der Waals surface area contributed by atoms with Crippen LogP contribution < -0.4 is 17.2 Å². The van der Waals surface area contributed by atoms with Crippen molar-refractivity contribution in [1.29, 1.82) is 0 Å². The highest BCUT2D eigenvalue weighted by Crippen LogP contribution is 2.56. The van der Waals surface area contributed by atoms with Gasteiger partial charge in [-0.15, -0.1) is 4.52 Å². The van der Waals surface area contributed by atoms with Crippen LogP contribution in [-0.4, -0.2) is 92.8 Å². The van der Waals surface area contributed by atoms with Gasteiger partial charge in [-0.25, -0.2) is 24.3 Å². The molecule has 216 valence electrons. The molecular formula is C19H25N8O11P2+. The molecule has 0 bridgehead atoms. The first kappa shape index (κ1) is 28.7. The molecule has 3 aromatic heterocycles. The van der Waals surface area contributed by atoms with Crippen LogP contribution in [0.25, 0.3) is 11.2 Å². The van der Waals surface area contributed by atoms with Gasteiger partial charge in [-0.1, -0.05) is 0 Å². The van der Waals surface area contributed by atoms with Crippen LogP contribution in [0, 0.1) is 0 Å². The lowest BCUT2D eigenvalue weighted by Gasteiger charge is -2.19. The average Bonchev–Trinajstić information content (AvgIpc) is 3.58. The van der Waals surface area contributed by atoms with Crippen molar-refractivity contribution in [1.82, 2.24) is 29.1 Å². The first-order valence-corrected chi connectivity index (χ1v) is 13.9. The maximum absolute atomic E-state index is 12.2. The molecule has 2 fully saturated rings. The summed E-state index contributed by atoms with van der Waals surface area (Å²) in [6.07, 6.45) is -4.56. The Labute approximate surface area is 226 Å². The molecule has 0 aliphatic carbocycles. The van der Waals surface area contributed by atoms with E-state index in [9.17, 15) is 29.4 Å². The van der Waals surface area contributed by atoms with Crippen LogP contribution in [0.5, 0.6) is 0 Å². The molecule has 5 heterocycles. The Morgan fingerprint density at radius 2 is 1.90 bits per heavy atom. The maximum Gasteiger partial charge on any atom is 0.570 e. The third kappa shape index (κ3) is 5.81. The third-order valence-corrected chi connectivity index (χ3v) is 7.60. The number of aliphatic hydroxyl groups is 2. The molecule has 19 nitrogen and oxygen atoms in total. The predicted octanol–water partition coefficient (Wildman–Crippen LogP) is -1.56. The molecule has 21 heteroatoms. The summed E-state index contributed by atoms with van der Waals surface area (Å²) in [6.45, 7) is -0.882. The van der Waals surface area contributed by atoms with Gasteiger partial charge in [-0.2, -0.15) is 19.3 Å². The fourth-order valence-corrected chi connectivity index (χ4v) is 5.60. The monoisotopic (exact) mass is 603 g/mol. The van der Waals surface area contributed by atoms with Crippen molar-refractivity contribution >= 4 is 39.7 Å². The Bertz CT molecular complexity index is 1430. The summed E-state index contributed by atoms with van der Waals surface area (Å²) in [6, 6.07) is 1.38. The molecule has 3 aromatic rings. The lowest BCUT2D eigenvalue weighted by molar-refractivity contribution is -0.0616. The zero-order valence-electron chi connectivity index (χ0n) is 20.4. The van der Waals surface area contributed by atoms with E-state index in [1.165, 1.54) is 29.5 Å².